The second-order valence-electron chi connectivity index (χ2n) is 6.37. The van der Waals surface area contributed by atoms with Gasteiger partial charge < -0.3 is 20.1 Å². The monoisotopic (exact) mass is 484 g/mol. The molecule has 3 heterocycles. The van der Waals surface area contributed by atoms with Crippen LogP contribution in [-0.2, 0) is 19.5 Å². The maximum atomic E-state index is 4.59. The van der Waals surface area contributed by atoms with Gasteiger partial charge in [-0.3, -0.25) is 4.99 Å². The fraction of sp³-hybridized carbons (Fsp3) is 0.556. The van der Waals surface area contributed by atoms with Crippen LogP contribution in [0.5, 0.6) is 0 Å². The van der Waals surface area contributed by atoms with Crippen molar-refractivity contribution in [2.24, 2.45) is 4.99 Å². The number of nitrogens with zero attached hydrogens (tertiary/aromatic N) is 6. The van der Waals surface area contributed by atoms with E-state index in [1.165, 1.54) is 12.8 Å². The average molecular weight is 484 g/mol. The molecule has 0 bridgehead atoms. The summed E-state index contributed by atoms with van der Waals surface area (Å²) < 4.78 is 2.06. The van der Waals surface area contributed by atoms with E-state index in [-0.39, 0.29) is 24.0 Å². The van der Waals surface area contributed by atoms with Crippen LogP contribution in [0.4, 0.5) is 5.82 Å². The molecule has 2 aromatic rings. The molecule has 1 saturated heterocycles. The predicted molar refractivity (Wildman–Crippen MR) is 119 cm³/mol. The number of pyridine rings is 1. The summed E-state index contributed by atoms with van der Waals surface area (Å²) in [5.74, 6) is 2.85. The van der Waals surface area contributed by atoms with Crippen LogP contribution in [0.15, 0.2) is 29.6 Å². The van der Waals surface area contributed by atoms with E-state index >= 15 is 0 Å². The fourth-order valence-corrected chi connectivity index (χ4v) is 3.10. The number of aromatic nitrogens is 4. The third-order valence-electron chi connectivity index (χ3n) is 4.58. The molecule has 3 rings (SSSR count). The Morgan fingerprint density at radius 3 is 2.70 bits per heavy atom. The molecular formula is C18H29IN8. The van der Waals surface area contributed by atoms with E-state index in [4.69, 9.17) is 0 Å². The Morgan fingerprint density at radius 1 is 1.22 bits per heavy atom. The lowest BCUT2D eigenvalue weighted by Crippen LogP contribution is -2.38. The van der Waals surface area contributed by atoms with E-state index in [1.54, 1.807) is 13.4 Å². The summed E-state index contributed by atoms with van der Waals surface area (Å²) in [4.78, 5) is 11.2. The van der Waals surface area contributed by atoms with Gasteiger partial charge in [-0.1, -0.05) is 13.0 Å². The molecule has 8 nitrogen and oxygen atoms in total. The molecule has 0 atom stereocenters. The van der Waals surface area contributed by atoms with Gasteiger partial charge >= 0.3 is 0 Å². The SMILES string of the molecule is CCc1nncn1CCNC(=NC)NCc1ccc(N2CCCC2)nc1.I. The third kappa shape index (κ3) is 6.05. The largest absolute Gasteiger partial charge is 0.357 e. The van der Waals surface area contributed by atoms with Gasteiger partial charge in [0, 0.05) is 52.4 Å². The zero-order valence-electron chi connectivity index (χ0n) is 16.1. The van der Waals surface area contributed by atoms with Crippen molar-refractivity contribution in [3.05, 3.63) is 36.0 Å². The van der Waals surface area contributed by atoms with E-state index in [0.29, 0.717) is 6.54 Å². The molecule has 2 aromatic heterocycles. The van der Waals surface area contributed by atoms with Crippen molar-refractivity contribution in [3.8, 4) is 0 Å². The Bertz CT molecular complexity index is 706. The molecule has 0 saturated carbocycles. The minimum absolute atomic E-state index is 0. The van der Waals surface area contributed by atoms with Gasteiger partial charge in [-0.2, -0.15) is 0 Å². The highest BCUT2D eigenvalue weighted by Crippen LogP contribution is 2.17. The molecule has 9 heteroatoms. The number of rotatable bonds is 7. The Hall–Kier alpha value is -1.91. The van der Waals surface area contributed by atoms with Gasteiger partial charge in [0.25, 0.3) is 0 Å². The van der Waals surface area contributed by atoms with E-state index < -0.39 is 0 Å². The first-order valence-electron chi connectivity index (χ1n) is 9.31. The number of guanidine groups is 1. The van der Waals surface area contributed by atoms with Crippen LogP contribution in [0.2, 0.25) is 0 Å². The van der Waals surface area contributed by atoms with Crippen molar-refractivity contribution >= 4 is 35.8 Å². The van der Waals surface area contributed by atoms with Crippen molar-refractivity contribution in [1.29, 1.82) is 0 Å². The quantitative estimate of drug-likeness (QED) is 0.355. The molecule has 1 aliphatic heterocycles. The first-order valence-corrected chi connectivity index (χ1v) is 9.31. The molecular weight excluding hydrogens is 455 g/mol. The Kier molecular flexibility index (Phi) is 8.76. The summed E-state index contributed by atoms with van der Waals surface area (Å²) in [5, 5.41) is 14.7. The van der Waals surface area contributed by atoms with Gasteiger partial charge in [0.2, 0.25) is 0 Å². The van der Waals surface area contributed by atoms with Gasteiger partial charge in [0.1, 0.15) is 18.0 Å². The molecule has 1 fully saturated rings. The highest BCUT2D eigenvalue weighted by molar-refractivity contribution is 14.0. The highest BCUT2D eigenvalue weighted by atomic mass is 127. The number of hydrogen-bond donors (Lipinski definition) is 2. The topological polar surface area (TPSA) is 83.3 Å². The van der Waals surface area contributed by atoms with Gasteiger partial charge in [-0.15, -0.1) is 34.2 Å². The standard InChI is InChI=1S/C18H28N8.HI/c1-3-16-24-23-14-26(16)11-8-20-18(19-2)22-13-15-6-7-17(21-12-15)25-9-4-5-10-25;/h6-7,12,14H,3-5,8-11,13H2,1-2H3,(H2,19,20,22);1H. The molecule has 0 aromatic carbocycles. The second kappa shape index (κ2) is 11.1. The minimum atomic E-state index is 0. The van der Waals surface area contributed by atoms with Gasteiger partial charge in [-0.25, -0.2) is 4.98 Å². The molecule has 0 spiro atoms. The zero-order valence-corrected chi connectivity index (χ0v) is 18.4. The van der Waals surface area contributed by atoms with Gasteiger partial charge in [-0.05, 0) is 24.5 Å². The first-order chi connectivity index (χ1) is 12.8. The van der Waals surface area contributed by atoms with Crippen molar-refractivity contribution < 1.29 is 0 Å². The number of aryl methyl sites for hydroxylation is 1. The van der Waals surface area contributed by atoms with E-state index in [9.17, 15) is 0 Å². The van der Waals surface area contributed by atoms with Crippen LogP contribution in [-0.4, -0.2) is 52.4 Å². The maximum Gasteiger partial charge on any atom is 0.191 e. The summed E-state index contributed by atoms with van der Waals surface area (Å²) >= 11 is 0. The lowest BCUT2D eigenvalue weighted by atomic mass is 10.3. The normalized spacial score (nSPS) is 14.1. The summed E-state index contributed by atoms with van der Waals surface area (Å²) in [6.07, 6.45) is 7.13. The first kappa shape index (κ1) is 21.4. The molecule has 27 heavy (non-hydrogen) atoms. The summed E-state index contributed by atoms with van der Waals surface area (Å²) in [7, 11) is 1.78. The third-order valence-corrected chi connectivity index (χ3v) is 4.58. The predicted octanol–water partition coefficient (Wildman–Crippen LogP) is 1.82. The lowest BCUT2D eigenvalue weighted by molar-refractivity contribution is 0.632. The van der Waals surface area contributed by atoms with E-state index in [0.717, 1.165) is 55.8 Å². The van der Waals surface area contributed by atoms with Crippen molar-refractivity contribution in [3.63, 3.8) is 0 Å². The van der Waals surface area contributed by atoms with Crippen molar-refractivity contribution in [2.45, 2.75) is 39.3 Å². The molecule has 1 aliphatic rings. The van der Waals surface area contributed by atoms with Crippen LogP contribution in [0.25, 0.3) is 0 Å². The van der Waals surface area contributed by atoms with Crippen LogP contribution < -0.4 is 15.5 Å². The Balaban J connectivity index is 0.00000261. The van der Waals surface area contributed by atoms with Crippen LogP contribution in [0.3, 0.4) is 0 Å². The van der Waals surface area contributed by atoms with Crippen molar-refractivity contribution in [2.75, 3.05) is 31.6 Å². The highest BCUT2D eigenvalue weighted by Gasteiger charge is 2.12. The molecule has 0 amide bonds. The molecule has 148 valence electrons. The van der Waals surface area contributed by atoms with E-state index in [2.05, 4.69) is 59.3 Å². The average Bonchev–Trinajstić information content (AvgIpc) is 3.36. The Labute approximate surface area is 177 Å². The number of aliphatic imine (C=N–C) groups is 1. The smallest absolute Gasteiger partial charge is 0.191 e. The van der Waals surface area contributed by atoms with Crippen molar-refractivity contribution in [1.82, 2.24) is 30.4 Å². The summed E-state index contributed by atoms with van der Waals surface area (Å²) in [6.45, 7) is 6.58. The van der Waals surface area contributed by atoms with Crippen LogP contribution >= 0.6 is 24.0 Å². The summed E-state index contributed by atoms with van der Waals surface area (Å²) in [5.41, 5.74) is 1.14. The zero-order chi connectivity index (χ0) is 18.2. The van der Waals surface area contributed by atoms with Gasteiger partial charge in [0.15, 0.2) is 5.96 Å². The van der Waals surface area contributed by atoms with Gasteiger partial charge in [0.05, 0.1) is 0 Å². The Morgan fingerprint density at radius 2 is 2.04 bits per heavy atom. The number of halogens is 1. The van der Waals surface area contributed by atoms with Crippen LogP contribution in [0.1, 0.15) is 31.2 Å². The molecule has 0 aliphatic carbocycles. The van der Waals surface area contributed by atoms with E-state index in [1.807, 2.05) is 6.20 Å². The fourth-order valence-electron chi connectivity index (χ4n) is 3.10. The molecule has 0 unspecified atom stereocenters. The number of nitrogens with one attached hydrogen (secondary N) is 2. The second-order valence-corrected chi connectivity index (χ2v) is 6.37. The lowest BCUT2D eigenvalue weighted by Gasteiger charge is -2.16. The molecule has 0 radical (unpaired) electrons. The number of hydrogen-bond acceptors (Lipinski definition) is 5. The van der Waals surface area contributed by atoms with Crippen LogP contribution in [0, 0.1) is 0 Å². The minimum Gasteiger partial charge on any atom is -0.357 e. The maximum absolute atomic E-state index is 4.59. The molecule has 2 N–H and O–H groups in total. The number of anilines is 1. The summed E-state index contributed by atoms with van der Waals surface area (Å²) in [6, 6.07) is 4.24.